The largest absolute Gasteiger partial charge is 0.469 e. The molecule has 4 atom stereocenters. The summed E-state index contributed by atoms with van der Waals surface area (Å²) in [6.45, 7) is -1.54. The Morgan fingerprint density at radius 3 is 2.44 bits per heavy atom. The monoisotopic (exact) mass is 260 g/mol. The molecule has 0 amide bonds. The molecule has 1 heterocycles. The van der Waals surface area contributed by atoms with Crippen molar-refractivity contribution in [3.05, 3.63) is 0 Å². The molecule has 1 aliphatic rings. The van der Waals surface area contributed by atoms with Crippen molar-refractivity contribution in [2.75, 3.05) is 13.2 Å². The van der Waals surface area contributed by atoms with Crippen LogP contribution >= 0.6 is 7.82 Å². The molecule has 16 heavy (non-hydrogen) atoms. The molecule has 0 aromatic heterocycles. The fourth-order valence-corrected chi connectivity index (χ4v) is 1.55. The quantitative estimate of drug-likeness (QED) is 0.289. The van der Waals surface area contributed by atoms with Gasteiger partial charge < -0.3 is 34.9 Å². The Balaban J connectivity index is 2.66. The van der Waals surface area contributed by atoms with Crippen LogP contribution in [0.25, 0.3) is 0 Å². The van der Waals surface area contributed by atoms with Crippen LogP contribution in [-0.4, -0.2) is 67.5 Å². The molecule has 10 heteroatoms. The number of phosphoric acid groups is 1. The summed E-state index contributed by atoms with van der Waals surface area (Å²) in [6, 6.07) is 0. The van der Waals surface area contributed by atoms with Crippen LogP contribution in [0.4, 0.5) is 0 Å². The summed E-state index contributed by atoms with van der Waals surface area (Å²) in [5.74, 6) is -2.47. The van der Waals surface area contributed by atoms with Crippen molar-refractivity contribution in [3.63, 3.8) is 0 Å². The first-order chi connectivity index (χ1) is 7.16. The van der Waals surface area contributed by atoms with Gasteiger partial charge in [-0.25, -0.2) is 4.57 Å². The standard InChI is InChI=1S/C6H13O9P/c7-3-1-14-6(10,5(9)4(3)8)2-15-16(11,12)13/h3-5,7-10H,1-2H2,(H2,11,12,13)/t3-,4-,5-,6?/m1/s1. The van der Waals surface area contributed by atoms with Crippen LogP contribution in [0.15, 0.2) is 0 Å². The van der Waals surface area contributed by atoms with Gasteiger partial charge in [0, 0.05) is 0 Å². The van der Waals surface area contributed by atoms with Crippen LogP contribution in [0, 0.1) is 0 Å². The maximum absolute atomic E-state index is 10.4. The van der Waals surface area contributed by atoms with Gasteiger partial charge in [0.2, 0.25) is 5.79 Å². The number of rotatable bonds is 3. The zero-order chi connectivity index (χ0) is 12.6. The highest BCUT2D eigenvalue weighted by atomic mass is 31.2. The first-order valence-electron chi connectivity index (χ1n) is 4.26. The smallest absolute Gasteiger partial charge is 0.388 e. The second kappa shape index (κ2) is 4.65. The summed E-state index contributed by atoms with van der Waals surface area (Å²) < 4.78 is 18.9. The van der Waals surface area contributed by atoms with E-state index in [4.69, 9.17) is 14.9 Å². The number of aliphatic hydroxyl groups is 4. The van der Waals surface area contributed by atoms with Crippen molar-refractivity contribution in [3.8, 4) is 0 Å². The Labute approximate surface area is 90.1 Å². The van der Waals surface area contributed by atoms with E-state index in [1.54, 1.807) is 0 Å². The number of hydrogen-bond donors (Lipinski definition) is 6. The van der Waals surface area contributed by atoms with Gasteiger partial charge in [-0.15, -0.1) is 0 Å². The van der Waals surface area contributed by atoms with Crippen LogP contribution in [0.5, 0.6) is 0 Å². The molecule has 0 aliphatic carbocycles. The van der Waals surface area contributed by atoms with Crippen LogP contribution in [0.2, 0.25) is 0 Å². The van der Waals surface area contributed by atoms with Gasteiger partial charge in [0.1, 0.15) is 24.9 Å². The molecule has 6 N–H and O–H groups in total. The lowest BCUT2D eigenvalue weighted by Crippen LogP contribution is -2.62. The molecule has 0 spiro atoms. The number of ether oxygens (including phenoxy) is 1. The molecule has 9 nitrogen and oxygen atoms in total. The minimum absolute atomic E-state index is 0.501. The van der Waals surface area contributed by atoms with Crippen LogP contribution in [0.3, 0.4) is 0 Å². The Morgan fingerprint density at radius 1 is 1.38 bits per heavy atom. The van der Waals surface area contributed by atoms with Gasteiger partial charge in [-0.1, -0.05) is 0 Å². The van der Waals surface area contributed by atoms with Crippen molar-refractivity contribution >= 4 is 7.82 Å². The van der Waals surface area contributed by atoms with E-state index >= 15 is 0 Å². The third-order valence-corrected chi connectivity index (χ3v) is 2.59. The normalized spacial score (nSPS) is 41.0. The van der Waals surface area contributed by atoms with Crippen LogP contribution in [0.1, 0.15) is 0 Å². The molecule has 0 aromatic rings. The predicted molar refractivity (Wildman–Crippen MR) is 46.9 cm³/mol. The molecule has 1 saturated heterocycles. The van der Waals surface area contributed by atoms with Gasteiger partial charge in [-0.2, -0.15) is 0 Å². The molecule has 0 aromatic carbocycles. The van der Waals surface area contributed by atoms with E-state index in [1.807, 2.05) is 0 Å². The minimum Gasteiger partial charge on any atom is -0.388 e. The van der Waals surface area contributed by atoms with Gasteiger partial charge in [0.15, 0.2) is 0 Å². The molecular formula is C6H13O9P. The average molecular weight is 260 g/mol. The van der Waals surface area contributed by atoms with E-state index in [0.29, 0.717) is 0 Å². The van der Waals surface area contributed by atoms with Crippen molar-refractivity contribution in [2.45, 2.75) is 24.1 Å². The second-order valence-corrected chi connectivity index (χ2v) is 4.66. The SMILES string of the molecule is O=P(O)(O)OCC1(O)OC[C@@H](O)[C@@H](O)[C@H]1O. The molecule has 1 unspecified atom stereocenters. The number of aliphatic hydroxyl groups excluding tert-OH is 3. The molecule has 0 bridgehead atoms. The van der Waals surface area contributed by atoms with Crippen molar-refractivity contribution in [1.29, 1.82) is 0 Å². The highest BCUT2D eigenvalue weighted by molar-refractivity contribution is 7.46. The van der Waals surface area contributed by atoms with Crippen molar-refractivity contribution in [2.24, 2.45) is 0 Å². The Kier molecular flexibility index (Phi) is 4.06. The third-order valence-electron chi connectivity index (χ3n) is 2.12. The maximum Gasteiger partial charge on any atom is 0.469 e. The van der Waals surface area contributed by atoms with Gasteiger partial charge >= 0.3 is 7.82 Å². The summed E-state index contributed by atoms with van der Waals surface area (Å²) in [5, 5.41) is 37.2. The Hall–Kier alpha value is -0.0900. The average Bonchev–Trinajstić information content (AvgIpc) is 2.18. The molecule has 0 saturated carbocycles. The first-order valence-corrected chi connectivity index (χ1v) is 5.79. The molecule has 0 radical (unpaired) electrons. The third kappa shape index (κ3) is 3.20. The van der Waals surface area contributed by atoms with Crippen LogP contribution in [-0.2, 0) is 13.8 Å². The summed E-state index contributed by atoms with van der Waals surface area (Å²) in [5.41, 5.74) is 0. The van der Waals surface area contributed by atoms with E-state index in [0.717, 1.165) is 0 Å². The van der Waals surface area contributed by atoms with Crippen molar-refractivity contribution in [1.82, 2.24) is 0 Å². The highest BCUT2D eigenvalue weighted by Gasteiger charge is 2.49. The minimum atomic E-state index is -4.83. The molecule has 1 fully saturated rings. The lowest BCUT2D eigenvalue weighted by atomic mass is 9.98. The van der Waals surface area contributed by atoms with Gasteiger partial charge in [-0.05, 0) is 0 Å². The van der Waals surface area contributed by atoms with E-state index in [1.165, 1.54) is 0 Å². The molecule has 96 valence electrons. The summed E-state index contributed by atoms with van der Waals surface area (Å²) in [7, 11) is -4.83. The first kappa shape index (κ1) is 14.0. The molecular weight excluding hydrogens is 247 g/mol. The fourth-order valence-electron chi connectivity index (χ4n) is 1.19. The predicted octanol–water partition coefficient (Wildman–Crippen LogP) is -3.10. The van der Waals surface area contributed by atoms with E-state index in [2.05, 4.69) is 9.26 Å². The second-order valence-electron chi connectivity index (χ2n) is 3.42. The van der Waals surface area contributed by atoms with Gasteiger partial charge in [0.25, 0.3) is 0 Å². The van der Waals surface area contributed by atoms with Gasteiger partial charge in [0.05, 0.1) is 6.61 Å². The maximum atomic E-state index is 10.4. The van der Waals surface area contributed by atoms with Gasteiger partial charge in [-0.3, -0.25) is 4.52 Å². The number of hydrogen-bond acceptors (Lipinski definition) is 7. The summed E-state index contributed by atoms with van der Waals surface area (Å²) in [4.78, 5) is 16.8. The fraction of sp³-hybridized carbons (Fsp3) is 1.00. The van der Waals surface area contributed by atoms with Crippen LogP contribution < -0.4 is 0 Å². The Bertz CT molecular complexity index is 290. The number of phosphoric ester groups is 1. The lowest BCUT2D eigenvalue weighted by molar-refractivity contribution is -0.329. The summed E-state index contributed by atoms with van der Waals surface area (Å²) >= 11 is 0. The van der Waals surface area contributed by atoms with E-state index in [9.17, 15) is 19.9 Å². The van der Waals surface area contributed by atoms with E-state index < -0.39 is 45.1 Å². The molecule has 1 aliphatic heterocycles. The molecule has 1 rings (SSSR count). The zero-order valence-corrected chi connectivity index (χ0v) is 8.90. The topological polar surface area (TPSA) is 157 Å². The summed E-state index contributed by atoms with van der Waals surface area (Å²) in [6.07, 6.45) is -5.03. The zero-order valence-electron chi connectivity index (χ0n) is 8.00. The van der Waals surface area contributed by atoms with Crippen molar-refractivity contribution < 1.29 is 44.0 Å². The van der Waals surface area contributed by atoms with E-state index in [-0.39, 0.29) is 0 Å². The lowest BCUT2D eigenvalue weighted by Gasteiger charge is -2.41. The highest BCUT2D eigenvalue weighted by Crippen LogP contribution is 2.38. The Morgan fingerprint density at radius 2 is 1.94 bits per heavy atom.